The summed E-state index contributed by atoms with van der Waals surface area (Å²) in [6.07, 6.45) is 0. The summed E-state index contributed by atoms with van der Waals surface area (Å²) < 4.78 is 32.6. The highest BCUT2D eigenvalue weighted by atomic mass is 16.6. The van der Waals surface area contributed by atoms with Crippen LogP contribution in [-0.4, -0.2) is 76.5 Å². The van der Waals surface area contributed by atoms with Crippen molar-refractivity contribution in [2.24, 2.45) is 0 Å². The van der Waals surface area contributed by atoms with Gasteiger partial charge in [-0.05, 0) is 35.9 Å². The average molecular weight is 485 g/mol. The molecule has 0 spiro atoms. The molecule has 4 rings (SSSR count). The summed E-state index contributed by atoms with van der Waals surface area (Å²) in [5.41, 5.74) is 0.738. The highest BCUT2D eigenvalue weighted by Crippen LogP contribution is 2.46. The zero-order valence-corrected chi connectivity index (χ0v) is 20.0. The van der Waals surface area contributed by atoms with Crippen molar-refractivity contribution in [1.29, 1.82) is 0 Å². The number of methoxy groups -OCH3 is 4. The summed E-state index contributed by atoms with van der Waals surface area (Å²) in [6.45, 7) is 1.10. The fraction of sp³-hybridized carbons (Fsp3) is 0.360. The quantitative estimate of drug-likeness (QED) is 0.342. The van der Waals surface area contributed by atoms with Gasteiger partial charge in [-0.25, -0.2) is 0 Å². The zero-order chi connectivity index (χ0) is 25.1. The molecule has 1 saturated heterocycles. The number of amides is 1. The number of ketones is 1. The molecule has 0 aliphatic carbocycles. The number of benzene rings is 2. The van der Waals surface area contributed by atoms with Crippen LogP contribution < -0.4 is 23.7 Å². The van der Waals surface area contributed by atoms with Gasteiger partial charge in [-0.15, -0.1) is 0 Å². The molecule has 2 aromatic carbocycles. The number of likely N-dealkylation sites (tertiary alicyclic amines) is 1. The molecule has 0 radical (unpaired) electrons. The van der Waals surface area contributed by atoms with Crippen molar-refractivity contribution in [3.63, 3.8) is 0 Å². The fourth-order valence-corrected chi connectivity index (χ4v) is 4.25. The second kappa shape index (κ2) is 10.1. The van der Waals surface area contributed by atoms with Crippen LogP contribution in [0.5, 0.6) is 28.7 Å². The highest BCUT2D eigenvalue weighted by Gasteiger charge is 2.46. The lowest BCUT2D eigenvalue weighted by atomic mass is 9.94. The Kier molecular flexibility index (Phi) is 7.02. The molecule has 2 aliphatic heterocycles. The van der Waals surface area contributed by atoms with Crippen molar-refractivity contribution < 1.29 is 43.1 Å². The van der Waals surface area contributed by atoms with Crippen molar-refractivity contribution in [3.05, 3.63) is 47.0 Å². The number of hydrogen-bond acceptors (Lipinski definition) is 9. The van der Waals surface area contributed by atoms with E-state index < -0.39 is 17.7 Å². The molecular formula is C25H27NO9. The summed E-state index contributed by atoms with van der Waals surface area (Å²) in [7, 11) is 5.92. The molecule has 0 bridgehead atoms. The van der Waals surface area contributed by atoms with Crippen molar-refractivity contribution in [2.75, 3.05) is 54.8 Å². The summed E-state index contributed by atoms with van der Waals surface area (Å²) in [5.74, 6) is 0.135. The Hall–Kier alpha value is -3.92. The smallest absolute Gasteiger partial charge is 0.295 e. The van der Waals surface area contributed by atoms with E-state index in [4.69, 9.17) is 28.4 Å². The molecule has 10 heteroatoms. The SMILES string of the molecule is COCCN1C(=O)C(=O)C(=C(O)c2ccc3c(c2)OCCO3)C1c1cc(OC)c(OC)c(OC)c1. The Bertz CT molecular complexity index is 1150. The largest absolute Gasteiger partial charge is 0.507 e. The van der Waals surface area contributed by atoms with Crippen molar-refractivity contribution >= 4 is 17.4 Å². The predicted octanol–water partition coefficient (Wildman–Crippen LogP) is 2.55. The van der Waals surface area contributed by atoms with Crippen LogP contribution in [0.25, 0.3) is 5.76 Å². The second-order valence-corrected chi connectivity index (χ2v) is 7.80. The molecule has 10 nitrogen and oxygen atoms in total. The third-order valence-electron chi connectivity index (χ3n) is 5.89. The molecule has 2 heterocycles. The highest BCUT2D eigenvalue weighted by molar-refractivity contribution is 6.46. The van der Waals surface area contributed by atoms with E-state index in [-0.39, 0.29) is 24.5 Å². The molecule has 2 aromatic rings. The topological polar surface area (TPSA) is 113 Å². The van der Waals surface area contributed by atoms with Crippen LogP contribution in [-0.2, 0) is 14.3 Å². The molecule has 186 valence electrons. The van der Waals surface area contributed by atoms with Gasteiger partial charge < -0.3 is 38.4 Å². The zero-order valence-electron chi connectivity index (χ0n) is 20.0. The summed E-state index contributed by atoms with van der Waals surface area (Å²) in [4.78, 5) is 27.6. The van der Waals surface area contributed by atoms with Gasteiger partial charge in [0.05, 0.1) is 39.6 Å². The Morgan fingerprint density at radius 1 is 0.971 bits per heavy atom. The molecule has 0 aromatic heterocycles. The number of ether oxygens (including phenoxy) is 6. The summed E-state index contributed by atoms with van der Waals surface area (Å²) in [6, 6.07) is 7.21. The van der Waals surface area contributed by atoms with Crippen LogP contribution >= 0.6 is 0 Å². The molecular weight excluding hydrogens is 458 g/mol. The maximum Gasteiger partial charge on any atom is 0.295 e. The monoisotopic (exact) mass is 485 g/mol. The minimum Gasteiger partial charge on any atom is -0.507 e. The Labute approximate surface area is 202 Å². The molecule has 35 heavy (non-hydrogen) atoms. The second-order valence-electron chi connectivity index (χ2n) is 7.80. The summed E-state index contributed by atoms with van der Waals surface area (Å²) >= 11 is 0. The first kappa shape index (κ1) is 24.2. The number of hydrogen-bond donors (Lipinski definition) is 1. The van der Waals surface area contributed by atoms with Gasteiger partial charge in [0.25, 0.3) is 11.7 Å². The van der Waals surface area contributed by atoms with E-state index in [2.05, 4.69) is 0 Å². The van der Waals surface area contributed by atoms with Crippen LogP contribution in [0, 0.1) is 0 Å². The van der Waals surface area contributed by atoms with E-state index >= 15 is 0 Å². The number of aliphatic hydroxyl groups excluding tert-OH is 1. The Balaban J connectivity index is 1.90. The maximum absolute atomic E-state index is 13.2. The van der Waals surface area contributed by atoms with Crippen LogP contribution in [0.15, 0.2) is 35.9 Å². The first-order valence-corrected chi connectivity index (χ1v) is 10.9. The summed E-state index contributed by atoms with van der Waals surface area (Å²) in [5, 5.41) is 11.3. The number of Topliss-reactive ketones (excluding diaryl/α,β-unsaturated/α-hetero) is 1. The van der Waals surface area contributed by atoms with Crippen LogP contribution in [0.2, 0.25) is 0 Å². The van der Waals surface area contributed by atoms with Gasteiger partial charge >= 0.3 is 0 Å². The number of rotatable bonds is 8. The number of carbonyl (C=O) groups is 2. The third-order valence-corrected chi connectivity index (χ3v) is 5.89. The standard InChI is InChI=1S/C25H27NO9/c1-30-8-7-26-21(15-12-18(31-2)24(33-4)19(13-15)32-3)20(23(28)25(26)29)22(27)14-5-6-16-17(11-14)35-10-9-34-16/h5-6,11-13,21,27H,7-10H2,1-4H3. The van der Waals surface area contributed by atoms with Crippen LogP contribution in [0.1, 0.15) is 17.2 Å². The maximum atomic E-state index is 13.2. The molecule has 1 atom stereocenters. The van der Waals surface area contributed by atoms with E-state index in [1.54, 1.807) is 30.3 Å². The van der Waals surface area contributed by atoms with Gasteiger partial charge in [0.2, 0.25) is 5.75 Å². The minimum atomic E-state index is -0.924. The molecule has 1 fully saturated rings. The number of fused-ring (bicyclic) bond motifs is 1. The van der Waals surface area contributed by atoms with Gasteiger partial charge in [0.1, 0.15) is 19.0 Å². The van der Waals surface area contributed by atoms with E-state index in [1.807, 2.05) is 0 Å². The lowest BCUT2D eigenvalue weighted by Crippen LogP contribution is -2.32. The number of carbonyl (C=O) groups excluding carboxylic acids is 2. The van der Waals surface area contributed by atoms with E-state index in [0.717, 1.165) is 0 Å². The molecule has 2 aliphatic rings. The Morgan fingerprint density at radius 3 is 2.23 bits per heavy atom. The first-order valence-electron chi connectivity index (χ1n) is 10.9. The van der Waals surface area contributed by atoms with Gasteiger partial charge in [-0.3, -0.25) is 9.59 Å². The van der Waals surface area contributed by atoms with Gasteiger partial charge in [-0.1, -0.05) is 0 Å². The first-order chi connectivity index (χ1) is 16.9. The number of nitrogens with zero attached hydrogens (tertiary/aromatic N) is 1. The van der Waals surface area contributed by atoms with Crippen molar-refractivity contribution in [1.82, 2.24) is 4.90 Å². The minimum absolute atomic E-state index is 0.0722. The lowest BCUT2D eigenvalue weighted by Gasteiger charge is -2.26. The number of aliphatic hydroxyl groups is 1. The van der Waals surface area contributed by atoms with Crippen molar-refractivity contribution in [2.45, 2.75) is 6.04 Å². The van der Waals surface area contributed by atoms with Gasteiger partial charge in [0.15, 0.2) is 23.0 Å². The fourth-order valence-electron chi connectivity index (χ4n) is 4.25. The predicted molar refractivity (Wildman–Crippen MR) is 124 cm³/mol. The third kappa shape index (κ3) is 4.32. The van der Waals surface area contributed by atoms with Crippen LogP contribution in [0.4, 0.5) is 0 Å². The van der Waals surface area contributed by atoms with Gasteiger partial charge in [-0.2, -0.15) is 0 Å². The van der Waals surface area contributed by atoms with E-state index in [9.17, 15) is 14.7 Å². The molecule has 1 unspecified atom stereocenters. The van der Waals surface area contributed by atoms with Crippen LogP contribution in [0.3, 0.4) is 0 Å². The molecule has 1 N–H and O–H groups in total. The normalized spacial score (nSPS) is 18.5. The molecule has 1 amide bonds. The van der Waals surface area contributed by atoms with E-state index in [1.165, 1.54) is 33.3 Å². The average Bonchev–Trinajstić information content (AvgIpc) is 3.15. The van der Waals surface area contributed by atoms with Crippen molar-refractivity contribution in [3.8, 4) is 28.7 Å². The van der Waals surface area contributed by atoms with Gasteiger partial charge in [0, 0.05) is 19.2 Å². The van der Waals surface area contributed by atoms with E-state index in [0.29, 0.717) is 53.1 Å². The Morgan fingerprint density at radius 2 is 1.63 bits per heavy atom. The lowest BCUT2D eigenvalue weighted by molar-refractivity contribution is -0.140. The molecule has 0 saturated carbocycles.